The molecular formula is C31H24FN7. The molecule has 7 nitrogen and oxygen atoms in total. The van der Waals surface area contributed by atoms with Crippen LogP contribution in [0.3, 0.4) is 0 Å². The Morgan fingerprint density at radius 3 is 2.21 bits per heavy atom. The molecule has 5 heterocycles. The molecule has 6 rings (SSSR count). The highest BCUT2D eigenvalue weighted by Crippen LogP contribution is 2.08. The fourth-order valence-electron chi connectivity index (χ4n) is 3.65. The molecule has 8 heteroatoms. The van der Waals surface area contributed by atoms with Crippen molar-refractivity contribution in [3.63, 3.8) is 0 Å². The topological polar surface area (TPSA) is 73.8 Å². The Morgan fingerprint density at radius 1 is 0.744 bits per heavy atom. The van der Waals surface area contributed by atoms with Crippen molar-refractivity contribution in [1.82, 2.24) is 34.3 Å². The molecule has 0 saturated carbocycles. The van der Waals surface area contributed by atoms with Crippen molar-refractivity contribution in [2.24, 2.45) is 0 Å². The van der Waals surface area contributed by atoms with E-state index in [9.17, 15) is 4.39 Å². The molecule has 0 aliphatic heterocycles. The zero-order chi connectivity index (χ0) is 26.7. The van der Waals surface area contributed by atoms with Gasteiger partial charge in [0.05, 0.1) is 18.4 Å². The number of imidazole rings is 1. The lowest BCUT2D eigenvalue weighted by molar-refractivity contribution is 0.555. The number of nitrogens with zero attached hydrogens (tertiary/aromatic N) is 7. The van der Waals surface area contributed by atoms with Crippen LogP contribution in [-0.4, -0.2) is 34.3 Å². The van der Waals surface area contributed by atoms with Crippen LogP contribution in [0.25, 0.3) is 16.7 Å². The van der Waals surface area contributed by atoms with Crippen LogP contribution in [0.1, 0.15) is 29.9 Å². The normalized spacial score (nSPS) is 10.2. The summed E-state index contributed by atoms with van der Waals surface area (Å²) in [5, 5.41) is 8.76. The van der Waals surface area contributed by atoms with Crippen molar-refractivity contribution in [3.8, 4) is 23.7 Å². The summed E-state index contributed by atoms with van der Waals surface area (Å²) in [7, 11) is 0. The Balaban J connectivity index is 0.000000158. The van der Waals surface area contributed by atoms with E-state index in [1.165, 1.54) is 12.3 Å². The molecule has 0 atom stereocenters. The Labute approximate surface area is 225 Å². The van der Waals surface area contributed by atoms with Crippen LogP contribution in [-0.2, 0) is 13.0 Å². The first-order valence-electron chi connectivity index (χ1n) is 12.5. The summed E-state index contributed by atoms with van der Waals surface area (Å²) in [6.45, 7) is 0.689. The van der Waals surface area contributed by atoms with E-state index in [1.807, 2.05) is 77.5 Å². The molecule has 0 fully saturated rings. The molecule has 0 unspecified atom stereocenters. The van der Waals surface area contributed by atoms with Crippen LogP contribution in [0.15, 0.2) is 97.6 Å². The zero-order valence-electron chi connectivity index (χ0n) is 21.1. The Bertz CT molecular complexity index is 1720. The van der Waals surface area contributed by atoms with Gasteiger partial charge in [-0.25, -0.2) is 19.3 Å². The van der Waals surface area contributed by atoms with E-state index in [-0.39, 0.29) is 5.82 Å². The predicted molar refractivity (Wildman–Crippen MR) is 148 cm³/mol. The fraction of sp³-hybridized carbons (Fsp3) is 0.129. The smallest absolute Gasteiger partial charge is 0.141 e. The molecule has 0 spiro atoms. The zero-order valence-corrected chi connectivity index (χ0v) is 21.1. The molecule has 0 saturated heterocycles. The number of pyridine rings is 3. The molecule has 0 amide bonds. The molecule has 190 valence electrons. The number of aromatic nitrogens is 7. The summed E-state index contributed by atoms with van der Waals surface area (Å²) < 4.78 is 14.7. The summed E-state index contributed by atoms with van der Waals surface area (Å²) in [5.41, 5.74) is 5.16. The van der Waals surface area contributed by atoms with Crippen molar-refractivity contribution in [1.29, 1.82) is 0 Å². The lowest BCUT2D eigenvalue weighted by Crippen LogP contribution is -2.01. The third kappa shape index (κ3) is 7.34. The molecule has 0 aliphatic carbocycles. The average Bonchev–Trinajstić information content (AvgIpc) is 3.59. The Kier molecular flexibility index (Phi) is 8.28. The summed E-state index contributed by atoms with van der Waals surface area (Å²) in [6.07, 6.45) is 9.08. The first-order valence-corrected chi connectivity index (χ1v) is 12.5. The van der Waals surface area contributed by atoms with Gasteiger partial charge >= 0.3 is 0 Å². The summed E-state index contributed by atoms with van der Waals surface area (Å²) in [6, 6.07) is 22.4. The second kappa shape index (κ2) is 12.8. The number of fused-ring (bicyclic) bond motifs is 2. The maximum absolute atomic E-state index is 12.7. The van der Waals surface area contributed by atoms with Crippen LogP contribution >= 0.6 is 0 Å². The molecule has 1 aromatic carbocycles. The van der Waals surface area contributed by atoms with Crippen LogP contribution in [0.4, 0.5) is 4.39 Å². The van der Waals surface area contributed by atoms with Crippen LogP contribution in [0.2, 0.25) is 0 Å². The molecule has 0 bridgehead atoms. The molecule has 39 heavy (non-hydrogen) atoms. The highest BCUT2D eigenvalue weighted by molar-refractivity contribution is 5.72. The number of rotatable bonds is 4. The van der Waals surface area contributed by atoms with Crippen molar-refractivity contribution in [2.75, 3.05) is 0 Å². The maximum atomic E-state index is 12.7. The van der Waals surface area contributed by atoms with Gasteiger partial charge in [-0.05, 0) is 60.4 Å². The standard InChI is InChI=1S/C16H12FN3.C15H12N4/c17-13-8-9-14(18-11-13)5-1-2-6-15-12-20-10-4-3-7-16(20)19-15;1-2-10-15-14(9-1)17-19(18-15)12-6-4-8-13-7-3-5-11-16-13/h3-4,7-12H,2,6H2;1-3,5,7,9-11H,6,12H2. The van der Waals surface area contributed by atoms with Crippen LogP contribution < -0.4 is 0 Å². The molecule has 0 aliphatic rings. The Hall–Kier alpha value is -5.34. The minimum absolute atomic E-state index is 0.347. The van der Waals surface area contributed by atoms with Crippen LogP contribution in [0, 0.1) is 29.5 Å². The van der Waals surface area contributed by atoms with Gasteiger partial charge < -0.3 is 4.40 Å². The fourth-order valence-corrected chi connectivity index (χ4v) is 3.65. The van der Waals surface area contributed by atoms with Gasteiger partial charge in [0.25, 0.3) is 0 Å². The van der Waals surface area contributed by atoms with Gasteiger partial charge in [0.15, 0.2) is 0 Å². The number of hydrogen-bond acceptors (Lipinski definition) is 5. The van der Waals surface area contributed by atoms with Crippen molar-refractivity contribution < 1.29 is 4.39 Å². The number of halogens is 1. The minimum Gasteiger partial charge on any atom is -0.307 e. The van der Waals surface area contributed by atoms with E-state index in [0.29, 0.717) is 25.1 Å². The average molecular weight is 514 g/mol. The first kappa shape index (κ1) is 25.3. The van der Waals surface area contributed by atoms with E-state index in [1.54, 1.807) is 17.1 Å². The molecule has 0 radical (unpaired) electrons. The largest absolute Gasteiger partial charge is 0.307 e. The highest BCUT2D eigenvalue weighted by atomic mass is 19.1. The van der Waals surface area contributed by atoms with E-state index >= 15 is 0 Å². The number of benzene rings is 1. The van der Waals surface area contributed by atoms with Crippen molar-refractivity contribution in [3.05, 3.63) is 120 Å². The molecule has 5 aromatic heterocycles. The second-order valence-corrected chi connectivity index (χ2v) is 8.41. The van der Waals surface area contributed by atoms with Gasteiger partial charge in [0, 0.05) is 37.9 Å². The summed E-state index contributed by atoms with van der Waals surface area (Å²) >= 11 is 0. The van der Waals surface area contributed by atoms with Gasteiger partial charge in [-0.3, -0.25) is 0 Å². The van der Waals surface area contributed by atoms with Crippen molar-refractivity contribution in [2.45, 2.75) is 25.8 Å². The van der Waals surface area contributed by atoms with E-state index in [0.717, 1.165) is 34.5 Å². The molecule has 6 aromatic rings. The summed E-state index contributed by atoms with van der Waals surface area (Å²) in [4.78, 5) is 14.2. The Morgan fingerprint density at radius 2 is 1.49 bits per heavy atom. The highest BCUT2D eigenvalue weighted by Gasteiger charge is 2.00. The minimum atomic E-state index is -0.347. The van der Waals surface area contributed by atoms with Crippen molar-refractivity contribution >= 4 is 16.7 Å². The van der Waals surface area contributed by atoms with Gasteiger partial charge in [0.1, 0.15) is 33.9 Å². The van der Waals surface area contributed by atoms with E-state index in [2.05, 4.69) is 48.8 Å². The quantitative estimate of drug-likeness (QED) is 0.306. The van der Waals surface area contributed by atoms with E-state index < -0.39 is 0 Å². The molecule has 0 N–H and O–H groups in total. The monoisotopic (exact) mass is 513 g/mol. The number of aryl methyl sites for hydroxylation is 2. The second-order valence-electron chi connectivity index (χ2n) is 8.41. The van der Waals surface area contributed by atoms with Gasteiger partial charge in [-0.1, -0.05) is 36.1 Å². The van der Waals surface area contributed by atoms with Crippen LogP contribution in [0.5, 0.6) is 0 Å². The SMILES string of the molecule is C(#Cc1ccccn1)CCn1nc2ccccc2n1.Fc1ccc(C#CCCc2cn3ccccc3n2)nc1. The number of hydrogen-bond donors (Lipinski definition) is 0. The third-order valence-corrected chi connectivity index (χ3v) is 5.51. The third-order valence-electron chi connectivity index (χ3n) is 5.51. The lowest BCUT2D eigenvalue weighted by Gasteiger charge is -1.92. The van der Waals surface area contributed by atoms with Gasteiger partial charge in [0.2, 0.25) is 0 Å². The predicted octanol–water partition coefficient (Wildman–Crippen LogP) is 5.12. The van der Waals surface area contributed by atoms with Gasteiger partial charge in [-0.2, -0.15) is 15.0 Å². The summed E-state index contributed by atoms with van der Waals surface area (Å²) in [5.74, 6) is 11.7. The lowest BCUT2D eigenvalue weighted by atomic mass is 10.2. The van der Waals surface area contributed by atoms with E-state index in [4.69, 9.17) is 0 Å². The molecular weight excluding hydrogens is 489 g/mol. The maximum Gasteiger partial charge on any atom is 0.141 e. The first-order chi connectivity index (χ1) is 19.2. The van der Waals surface area contributed by atoms with Gasteiger partial charge in [-0.15, -0.1) is 0 Å².